The summed E-state index contributed by atoms with van der Waals surface area (Å²) < 4.78 is 5.58. The van der Waals surface area contributed by atoms with Crippen molar-refractivity contribution in [1.82, 2.24) is 15.2 Å². The van der Waals surface area contributed by atoms with Gasteiger partial charge in [0, 0.05) is 18.9 Å². The Balaban J connectivity index is 0.000000913. The van der Waals surface area contributed by atoms with Gasteiger partial charge in [0.05, 0.1) is 24.0 Å². The van der Waals surface area contributed by atoms with Crippen LogP contribution in [0.25, 0.3) is 11.3 Å². The van der Waals surface area contributed by atoms with E-state index in [0.29, 0.717) is 18.2 Å². The highest BCUT2D eigenvalue weighted by molar-refractivity contribution is 7.98. The van der Waals surface area contributed by atoms with Gasteiger partial charge in [-0.05, 0) is 36.9 Å². The molecular weight excluding hydrogens is 420 g/mol. The molecule has 0 radical (unpaired) electrons. The zero-order chi connectivity index (χ0) is 23.1. The maximum Gasteiger partial charge on any atom is 0.224 e. The Hall–Kier alpha value is -2.93. The lowest BCUT2D eigenvalue weighted by Crippen LogP contribution is -2.34. The molecule has 1 amide bonds. The second-order valence-electron chi connectivity index (χ2n) is 7.43. The van der Waals surface area contributed by atoms with Gasteiger partial charge in [0.15, 0.2) is 0 Å². The Morgan fingerprint density at radius 3 is 2.41 bits per heavy atom. The number of anilines is 1. The van der Waals surface area contributed by atoms with Crippen molar-refractivity contribution in [3.63, 3.8) is 0 Å². The van der Waals surface area contributed by atoms with Gasteiger partial charge in [0.2, 0.25) is 11.1 Å². The van der Waals surface area contributed by atoms with Crippen molar-refractivity contribution in [1.29, 1.82) is 0 Å². The number of ether oxygens (including phenoxy) is 1. The molecule has 0 spiro atoms. The molecule has 0 aliphatic carbocycles. The van der Waals surface area contributed by atoms with E-state index in [1.165, 1.54) is 18.2 Å². The summed E-state index contributed by atoms with van der Waals surface area (Å²) in [7, 11) is 0. The lowest BCUT2D eigenvalue weighted by atomic mass is 10.00. The van der Waals surface area contributed by atoms with Crippen molar-refractivity contribution < 1.29 is 9.53 Å². The van der Waals surface area contributed by atoms with Gasteiger partial charge in [-0.3, -0.25) is 4.79 Å². The number of carbonyl (C=O) groups is 1. The number of carbonyl (C=O) groups excluding carboxylic acids is 1. The van der Waals surface area contributed by atoms with Gasteiger partial charge in [0.25, 0.3) is 0 Å². The number of amides is 1. The van der Waals surface area contributed by atoms with Crippen molar-refractivity contribution in [3.05, 3.63) is 59.8 Å². The SMILES string of the molecule is CCC.CCOc1ccc(C2Cc3nc(SC)nnc3-c3ccccc3N2C(C)=O)cc1. The molecule has 1 atom stereocenters. The van der Waals surface area contributed by atoms with Crippen LogP contribution in [0.1, 0.15) is 51.4 Å². The van der Waals surface area contributed by atoms with Crippen LogP contribution in [-0.4, -0.2) is 34.0 Å². The van der Waals surface area contributed by atoms with Crippen molar-refractivity contribution in [2.75, 3.05) is 17.8 Å². The molecule has 3 aromatic rings. The van der Waals surface area contributed by atoms with Crippen molar-refractivity contribution in [2.24, 2.45) is 0 Å². The molecule has 0 saturated carbocycles. The number of para-hydroxylation sites is 1. The first kappa shape index (κ1) is 23.7. The highest BCUT2D eigenvalue weighted by Gasteiger charge is 2.33. The zero-order valence-electron chi connectivity index (χ0n) is 19.3. The van der Waals surface area contributed by atoms with Crippen LogP contribution >= 0.6 is 11.8 Å². The average molecular weight is 451 g/mol. The zero-order valence-corrected chi connectivity index (χ0v) is 20.1. The Bertz CT molecular complexity index is 1060. The lowest BCUT2D eigenvalue weighted by Gasteiger charge is -2.30. The number of aromatic nitrogens is 3. The van der Waals surface area contributed by atoms with Gasteiger partial charge in [0.1, 0.15) is 11.4 Å². The number of nitrogens with zero attached hydrogens (tertiary/aromatic N) is 4. The molecule has 168 valence electrons. The molecule has 1 aliphatic rings. The monoisotopic (exact) mass is 450 g/mol. The van der Waals surface area contributed by atoms with Gasteiger partial charge in [-0.25, -0.2) is 4.98 Å². The number of thioether (sulfide) groups is 1. The van der Waals surface area contributed by atoms with Crippen LogP contribution in [-0.2, 0) is 11.2 Å². The van der Waals surface area contributed by atoms with Crippen LogP contribution in [0.5, 0.6) is 5.75 Å². The quantitative estimate of drug-likeness (QED) is 0.473. The minimum absolute atomic E-state index is 0.0257. The van der Waals surface area contributed by atoms with Gasteiger partial charge < -0.3 is 9.64 Å². The van der Waals surface area contributed by atoms with Gasteiger partial charge in [-0.1, -0.05) is 62.4 Å². The van der Waals surface area contributed by atoms with Crippen LogP contribution in [0.15, 0.2) is 53.7 Å². The molecule has 0 N–H and O–H groups in total. The molecule has 0 saturated heterocycles. The molecule has 0 bridgehead atoms. The predicted molar refractivity (Wildman–Crippen MR) is 130 cm³/mol. The third-order valence-electron chi connectivity index (χ3n) is 4.95. The Morgan fingerprint density at radius 2 is 1.78 bits per heavy atom. The standard InChI is InChI=1S/C22H22N4O2S.C3H8/c1-4-28-16-11-9-15(10-12-16)20-13-18-21(24-25-22(23-18)29-3)17-7-5-6-8-19(17)26(20)14(2)27;1-3-2/h5-12,20H,4,13H2,1-3H3;3H2,1-2H3. The summed E-state index contributed by atoms with van der Waals surface area (Å²) in [6, 6.07) is 15.5. The summed E-state index contributed by atoms with van der Waals surface area (Å²) in [4.78, 5) is 19.4. The third-order valence-corrected chi connectivity index (χ3v) is 5.49. The van der Waals surface area contributed by atoms with E-state index in [2.05, 4.69) is 24.0 Å². The molecule has 7 heteroatoms. The molecular formula is C25H30N4O2S. The summed E-state index contributed by atoms with van der Waals surface area (Å²) >= 11 is 1.46. The minimum Gasteiger partial charge on any atom is -0.494 e. The second-order valence-corrected chi connectivity index (χ2v) is 8.20. The van der Waals surface area contributed by atoms with E-state index in [1.807, 2.05) is 66.6 Å². The largest absolute Gasteiger partial charge is 0.494 e. The van der Waals surface area contributed by atoms with Gasteiger partial charge in [-0.2, -0.15) is 0 Å². The number of benzene rings is 2. The molecule has 6 nitrogen and oxygen atoms in total. The van der Waals surface area contributed by atoms with Crippen LogP contribution in [0.2, 0.25) is 0 Å². The normalized spacial score (nSPS) is 14.4. The third kappa shape index (κ3) is 5.10. The highest BCUT2D eigenvalue weighted by Crippen LogP contribution is 2.41. The maximum atomic E-state index is 12.8. The maximum absolute atomic E-state index is 12.8. The van der Waals surface area contributed by atoms with Crippen molar-refractivity contribution in [2.45, 2.75) is 51.7 Å². The first-order valence-corrected chi connectivity index (χ1v) is 12.2. The van der Waals surface area contributed by atoms with E-state index < -0.39 is 0 Å². The van der Waals surface area contributed by atoms with E-state index >= 15 is 0 Å². The highest BCUT2D eigenvalue weighted by atomic mass is 32.2. The van der Waals surface area contributed by atoms with E-state index in [0.717, 1.165) is 34.0 Å². The van der Waals surface area contributed by atoms with E-state index in [-0.39, 0.29) is 11.9 Å². The molecule has 32 heavy (non-hydrogen) atoms. The summed E-state index contributed by atoms with van der Waals surface area (Å²) in [6.07, 6.45) is 3.74. The van der Waals surface area contributed by atoms with Crippen LogP contribution in [0.3, 0.4) is 0 Å². The number of hydrogen-bond donors (Lipinski definition) is 0. The second kappa shape index (κ2) is 11.1. The number of rotatable bonds is 4. The smallest absolute Gasteiger partial charge is 0.224 e. The lowest BCUT2D eigenvalue weighted by molar-refractivity contribution is -0.117. The molecule has 4 rings (SSSR count). The fourth-order valence-electron chi connectivity index (χ4n) is 3.71. The van der Waals surface area contributed by atoms with Crippen molar-refractivity contribution in [3.8, 4) is 17.0 Å². The fourth-order valence-corrected chi connectivity index (χ4v) is 4.04. The van der Waals surface area contributed by atoms with Crippen LogP contribution < -0.4 is 9.64 Å². The first-order chi connectivity index (χ1) is 15.5. The predicted octanol–water partition coefficient (Wildman–Crippen LogP) is 5.73. The summed E-state index contributed by atoms with van der Waals surface area (Å²) in [5.41, 5.74) is 4.30. The van der Waals surface area contributed by atoms with Crippen LogP contribution in [0, 0.1) is 0 Å². The Morgan fingerprint density at radius 1 is 1.09 bits per heavy atom. The molecule has 1 aromatic heterocycles. The van der Waals surface area contributed by atoms with Crippen LogP contribution in [0.4, 0.5) is 5.69 Å². The van der Waals surface area contributed by atoms with Gasteiger partial charge in [-0.15, -0.1) is 10.2 Å². The van der Waals surface area contributed by atoms with E-state index in [4.69, 9.17) is 9.72 Å². The molecule has 1 unspecified atom stereocenters. The molecule has 1 aliphatic heterocycles. The summed E-state index contributed by atoms with van der Waals surface area (Å²) in [6.45, 7) is 8.42. The summed E-state index contributed by atoms with van der Waals surface area (Å²) in [5.74, 6) is 0.788. The van der Waals surface area contributed by atoms with Crippen molar-refractivity contribution >= 4 is 23.4 Å². The van der Waals surface area contributed by atoms with E-state index in [1.54, 1.807) is 6.92 Å². The Kier molecular flexibility index (Phi) is 8.22. The van der Waals surface area contributed by atoms with Gasteiger partial charge >= 0.3 is 0 Å². The number of hydrogen-bond acceptors (Lipinski definition) is 6. The number of fused-ring (bicyclic) bond motifs is 3. The topological polar surface area (TPSA) is 68.2 Å². The molecule has 0 fully saturated rings. The first-order valence-electron chi connectivity index (χ1n) is 10.9. The van der Waals surface area contributed by atoms with E-state index in [9.17, 15) is 4.79 Å². The Labute approximate surface area is 194 Å². The fraction of sp³-hybridized carbons (Fsp3) is 0.360. The summed E-state index contributed by atoms with van der Waals surface area (Å²) in [5, 5.41) is 9.32. The molecule has 2 aromatic carbocycles. The minimum atomic E-state index is -0.197. The molecule has 2 heterocycles. The average Bonchev–Trinajstić information content (AvgIpc) is 2.94.